The molecule has 0 aliphatic rings. The minimum Gasteiger partial charge on any atom is -0.388 e. The number of aromatic nitrogens is 1. The number of nitrogen functional groups attached to an aromatic ring is 1. The van der Waals surface area contributed by atoms with E-state index in [4.69, 9.17) is 11.0 Å². The van der Waals surface area contributed by atoms with Gasteiger partial charge >= 0.3 is 0 Å². The smallest absolute Gasteiger partial charge is 0.282 e. The van der Waals surface area contributed by atoms with Gasteiger partial charge in [0.2, 0.25) is 0 Å². The second kappa shape index (κ2) is 2.80. The van der Waals surface area contributed by atoms with E-state index in [1.807, 2.05) is 0 Å². The molecule has 0 fully saturated rings. The van der Waals surface area contributed by atoms with Gasteiger partial charge in [-0.25, -0.2) is 8.78 Å². The van der Waals surface area contributed by atoms with E-state index < -0.39 is 12.1 Å². The predicted molar refractivity (Wildman–Crippen MR) is 36.2 cm³/mol. The fourth-order valence-corrected chi connectivity index (χ4v) is 1.19. The van der Waals surface area contributed by atoms with Crippen LogP contribution in [-0.2, 0) is 0 Å². The molecule has 0 aromatic carbocycles. The van der Waals surface area contributed by atoms with E-state index in [1.54, 1.807) is 6.07 Å². The quantitative estimate of drug-likeness (QED) is 0.704. The molecule has 0 aliphatic heterocycles. The molecular formula is C5H3F2N3S. The van der Waals surface area contributed by atoms with Crippen molar-refractivity contribution in [2.75, 3.05) is 5.73 Å². The van der Waals surface area contributed by atoms with Gasteiger partial charge in [-0.3, -0.25) is 0 Å². The lowest BCUT2D eigenvalue weighted by molar-refractivity contribution is 0.147. The zero-order chi connectivity index (χ0) is 8.43. The summed E-state index contributed by atoms with van der Waals surface area (Å²) in [5.41, 5.74) is 4.47. The van der Waals surface area contributed by atoms with Crippen molar-refractivity contribution in [1.82, 2.24) is 4.37 Å². The van der Waals surface area contributed by atoms with Crippen molar-refractivity contribution in [2.45, 2.75) is 6.43 Å². The van der Waals surface area contributed by atoms with Gasteiger partial charge in [0.1, 0.15) is 22.3 Å². The first-order valence-corrected chi connectivity index (χ1v) is 3.37. The molecule has 3 nitrogen and oxygen atoms in total. The highest BCUT2D eigenvalue weighted by Crippen LogP contribution is 2.27. The van der Waals surface area contributed by atoms with Crippen LogP contribution in [0.1, 0.15) is 17.7 Å². The van der Waals surface area contributed by atoms with E-state index in [0.717, 1.165) is 0 Å². The molecule has 0 spiro atoms. The standard InChI is InChI=1S/C5H3F2N3S/c6-4(7)3-2(1-8)5(9)11-10-3/h4H,9H2. The number of hydrogen-bond acceptors (Lipinski definition) is 4. The molecular weight excluding hydrogens is 172 g/mol. The molecule has 6 heteroatoms. The van der Waals surface area contributed by atoms with Gasteiger partial charge < -0.3 is 5.73 Å². The second-order valence-corrected chi connectivity index (χ2v) is 2.52. The molecule has 0 bridgehead atoms. The van der Waals surface area contributed by atoms with Crippen LogP contribution >= 0.6 is 11.5 Å². The van der Waals surface area contributed by atoms with Gasteiger partial charge in [0.05, 0.1) is 0 Å². The Hall–Kier alpha value is -1.22. The Morgan fingerprint density at radius 3 is 2.64 bits per heavy atom. The Morgan fingerprint density at radius 2 is 2.27 bits per heavy atom. The van der Waals surface area contributed by atoms with E-state index in [0.29, 0.717) is 11.5 Å². The maximum Gasteiger partial charge on any atom is 0.282 e. The Balaban J connectivity index is 3.19. The number of nitrogens with zero attached hydrogens (tertiary/aromatic N) is 2. The van der Waals surface area contributed by atoms with Crippen LogP contribution in [-0.4, -0.2) is 4.37 Å². The first-order chi connectivity index (χ1) is 5.16. The summed E-state index contributed by atoms with van der Waals surface area (Å²) in [5.74, 6) is 0. The van der Waals surface area contributed by atoms with Crippen LogP contribution in [0, 0.1) is 11.3 Å². The molecule has 0 aliphatic carbocycles. The Bertz CT molecular complexity index is 301. The normalized spacial score (nSPS) is 10.0. The van der Waals surface area contributed by atoms with Gasteiger partial charge in [-0.15, -0.1) is 0 Å². The molecule has 0 atom stereocenters. The van der Waals surface area contributed by atoms with Crippen LogP contribution in [0.5, 0.6) is 0 Å². The van der Waals surface area contributed by atoms with Crippen molar-refractivity contribution < 1.29 is 8.78 Å². The number of alkyl halides is 2. The van der Waals surface area contributed by atoms with Gasteiger partial charge in [-0.05, 0) is 11.5 Å². The Kier molecular flexibility index (Phi) is 2.01. The highest BCUT2D eigenvalue weighted by molar-refractivity contribution is 7.10. The minimum atomic E-state index is -2.72. The van der Waals surface area contributed by atoms with E-state index in [1.165, 1.54) is 0 Å². The average molecular weight is 175 g/mol. The zero-order valence-corrected chi connectivity index (χ0v) is 6.03. The van der Waals surface area contributed by atoms with Crippen molar-refractivity contribution in [2.24, 2.45) is 0 Å². The van der Waals surface area contributed by atoms with Crippen molar-refractivity contribution >= 4 is 16.5 Å². The molecule has 0 amide bonds. The maximum absolute atomic E-state index is 12.0. The maximum atomic E-state index is 12.0. The van der Waals surface area contributed by atoms with Crippen LogP contribution in [0.4, 0.5) is 13.8 Å². The Morgan fingerprint density at radius 1 is 1.64 bits per heavy atom. The van der Waals surface area contributed by atoms with Crippen LogP contribution in [0.25, 0.3) is 0 Å². The van der Waals surface area contributed by atoms with Crippen molar-refractivity contribution in [3.63, 3.8) is 0 Å². The number of anilines is 1. The second-order valence-electron chi connectivity index (χ2n) is 1.72. The third-order valence-electron chi connectivity index (χ3n) is 1.06. The Labute approximate surface area is 65.2 Å². The summed E-state index contributed by atoms with van der Waals surface area (Å²) in [6.45, 7) is 0. The lowest BCUT2D eigenvalue weighted by Gasteiger charge is -1.91. The van der Waals surface area contributed by atoms with Gasteiger partial charge in [-0.2, -0.15) is 9.64 Å². The summed E-state index contributed by atoms with van der Waals surface area (Å²) in [5, 5.41) is 8.38. The lowest BCUT2D eigenvalue weighted by atomic mass is 10.2. The van der Waals surface area contributed by atoms with Gasteiger partial charge in [0, 0.05) is 0 Å². The minimum absolute atomic E-state index is 0.0443. The lowest BCUT2D eigenvalue weighted by Crippen LogP contribution is -1.90. The third kappa shape index (κ3) is 1.28. The van der Waals surface area contributed by atoms with Crippen molar-refractivity contribution in [3.05, 3.63) is 11.3 Å². The predicted octanol–water partition coefficient (Wildman–Crippen LogP) is 1.53. The zero-order valence-electron chi connectivity index (χ0n) is 5.21. The van der Waals surface area contributed by atoms with Crippen LogP contribution < -0.4 is 5.73 Å². The number of halogens is 2. The number of hydrogen-bond donors (Lipinski definition) is 1. The van der Waals surface area contributed by atoms with E-state index >= 15 is 0 Å². The summed E-state index contributed by atoms with van der Waals surface area (Å²) >= 11 is 0.709. The first kappa shape index (κ1) is 7.88. The molecule has 11 heavy (non-hydrogen) atoms. The molecule has 1 aromatic rings. The molecule has 0 unspecified atom stereocenters. The molecule has 58 valence electrons. The summed E-state index contributed by atoms with van der Waals surface area (Å²) in [6.07, 6.45) is -2.72. The summed E-state index contributed by atoms with van der Waals surface area (Å²) in [7, 11) is 0. The monoisotopic (exact) mass is 175 g/mol. The van der Waals surface area contributed by atoms with E-state index in [2.05, 4.69) is 4.37 Å². The highest BCUT2D eigenvalue weighted by atomic mass is 32.1. The summed E-state index contributed by atoms with van der Waals surface area (Å²) in [4.78, 5) is 0. The number of nitrogens with two attached hydrogens (primary N) is 1. The molecule has 1 aromatic heterocycles. The van der Waals surface area contributed by atoms with Crippen molar-refractivity contribution in [3.8, 4) is 6.07 Å². The highest BCUT2D eigenvalue weighted by Gasteiger charge is 2.19. The van der Waals surface area contributed by atoms with Crippen LogP contribution in [0.15, 0.2) is 0 Å². The van der Waals surface area contributed by atoms with Crippen LogP contribution in [0.3, 0.4) is 0 Å². The topological polar surface area (TPSA) is 62.7 Å². The molecule has 1 heterocycles. The van der Waals surface area contributed by atoms with Gasteiger partial charge in [0.25, 0.3) is 6.43 Å². The molecule has 0 radical (unpaired) electrons. The van der Waals surface area contributed by atoms with Gasteiger partial charge in [-0.1, -0.05) is 0 Å². The fourth-order valence-electron chi connectivity index (χ4n) is 0.577. The summed E-state index contributed by atoms with van der Waals surface area (Å²) in [6, 6.07) is 1.57. The SMILES string of the molecule is N#Cc1c(C(F)F)nsc1N. The van der Waals surface area contributed by atoms with E-state index in [-0.39, 0.29) is 10.6 Å². The molecule has 0 saturated heterocycles. The van der Waals surface area contributed by atoms with Gasteiger partial charge in [0.15, 0.2) is 0 Å². The largest absolute Gasteiger partial charge is 0.388 e. The molecule has 1 rings (SSSR count). The molecule has 0 saturated carbocycles. The fraction of sp³-hybridized carbons (Fsp3) is 0.200. The first-order valence-electron chi connectivity index (χ1n) is 2.60. The number of rotatable bonds is 1. The third-order valence-corrected chi connectivity index (χ3v) is 1.75. The summed E-state index contributed by atoms with van der Waals surface area (Å²) < 4.78 is 27.3. The average Bonchev–Trinajstić information content (AvgIpc) is 2.30. The van der Waals surface area contributed by atoms with Crippen molar-refractivity contribution in [1.29, 1.82) is 5.26 Å². The van der Waals surface area contributed by atoms with E-state index in [9.17, 15) is 8.78 Å². The molecule has 2 N–H and O–H groups in total. The van der Waals surface area contributed by atoms with Crippen LogP contribution in [0.2, 0.25) is 0 Å². The number of nitriles is 1.